The lowest BCUT2D eigenvalue weighted by molar-refractivity contribution is -0.120. The average Bonchev–Trinajstić information content (AvgIpc) is 3.04. The lowest BCUT2D eigenvalue weighted by Gasteiger charge is -2.19. The molecule has 0 saturated heterocycles. The Morgan fingerprint density at radius 3 is 2.46 bits per heavy atom. The number of hydrogen-bond donors (Lipinski definition) is 2. The Bertz CT molecular complexity index is 718. The first-order valence-corrected chi connectivity index (χ1v) is 9.14. The fraction of sp³-hybridized carbons (Fsp3) is 0.389. The van der Waals surface area contributed by atoms with E-state index in [2.05, 4.69) is 15.6 Å². The van der Waals surface area contributed by atoms with Crippen LogP contribution in [0, 0.1) is 5.92 Å². The van der Waals surface area contributed by atoms with Crippen molar-refractivity contribution < 1.29 is 9.59 Å². The van der Waals surface area contributed by atoms with Gasteiger partial charge in [-0.05, 0) is 25.0 Å². The first-order valence-electron chi connectivity index (χ1n) is 8.26. The number of amides is 2. The van der Waals surface area contributed by atoms with E-state index in [1.165, 1.54) is 24.7 Å². The minimum atomic E-state index is -0.0934. The lowest BCUT2D eigenvalue weighted by atomic mass is 9.89. The highest BCUT2D eigenvalue weighted by atomic mass is 32.1. The van der Waals surface area contributed by atoms with E-state index in [1.54, 1.807) is 0 Å². The largest absolute Gasteiger partial charge is 0.326 e. The van der Waals surface area contributed by atoms with E-state index in [0.29, 0.717) is 5.13 Å². The van der Waals surface area contributed by atoms with Crippen LogP contribution in [0.4, 0.5) is 10.8 Å². The summed E-state index contributed by atoms with van der Waals surface area (Å²) < 4.78 is 0. The highest BCUT2D eigenvalue weighted by Gasteiger charge is 2.21. The molecule has 2 aromatic rings. The third-order valence-corrected chi connectivity index (χ3v) is 4.97. The number of carbonyl (C=O) groups excluding carboxylic acids is 2. The van der Waals surface area contributed by atoms with Crippen LogP contribution in [0.15, 0.2) is 29.6 Å². The smallest absolute Gasteiger partial charge is 0.229 e. The number of benzene rings is 1. The first-order chi connectivity index (χ1) is 11.6. The molecule has 3 rings (SSSR count). The van der Waals surface area contributed by atoms with Gasteiger partial charge in [-0.2, -0.15) is 0 Å². The summed E-state index contributed by atoms with van der Waals surface area (Å²) in [6.07, 6.45) is 5.48. The van der Waals surface area contributed by atoms with Gasteiger partial charge >= 0.3 is 0 Å². The van der Waals surface area contributed by atoms with Crippen LogP contribution < -0.4 is 10.6 Å². The van der Waals surface area contributed by atoms with Gasteiger partial charge in [0.05, 0.1) is 5.69 Å². The zero-order valence-electron chi connectivity index (χ0n) is 13.7. The predicted molar refractivity (Wildman–Crippen MR) is 97.1 cm³/mol. The van der Waals surface area contributed by atoms with E-state index in [4.69, 9.17) is 0 Å². The Morgan fingerprint density at radius 2 is 1.79 bits per heavy atom. The summed E-state index contributed by atoms with van der Waals surface area (Å²) in [6, 6.07) is 7.51. The van der Waals surface area contributed by atoms with Gasteiger partial charge in [-0.15, -0.1) is 11.3 Å². The van der Waals surface area contributed by atoms with Crippen LogP contribution in [0.1, 0.15) is 39.0 Å². The zero-order chi connectivity index (χ0) is 16.9. The molecule has 0 radical (unpaired) electrons. The molecular formula is C18H21N3O2S. The van der Waals surface area contributed by atoms with Crippen molar-refractivity contribution in [3.05, 3.63) is 29.6 Å². The molecule has 1 aliphatic carbocycles. The van der Waals surface area contributed by atoms with E-state index < -0.39 is 0 Å². The normalized spacial score (nSPS) is 15.0. The maximum atomic E-state index is 12.3. The van der Waals surface area contributed by atoms with Gasteiger partial charge in [0.2, 0.25) is 11.8 Å². The molecule has 6 heteroatoms. The minimum absolute atomic E-state index is 0.0934. The van der Waals surface area contributed by atoms with E-state index in [-0.39, 0.29) is 17.7 Å². The molecule has 0 unspecified atom stereocenters. The van der Waals surface area contributed by atoms with Gasteiger partial charge in [-0.25, -0.2) is 4.98 Å². The molecule has 1 aromatic heterocycles. The molecule has 1 saturated carbocycles. The number of aromatic nitrogens is 1. The fourth-order valence-electron chi connectivity index (χ4n) is 2.96. The molecule has 2 N–H and O–H groups in total. The van der Waals surface area contributed by atoms with Crippen molar-refractivity contribution in [2.45, 2.75) is 39.0 Å². The van der Waals surface area contributed by atoms with Crippen molar-refractivity contribution in [1.82, 2.24) is 4.98 Å². The van der Waals surface area contributed by atoms with Crippen molar-refractivity contribution in [3.63, 3.8) is 0 Å². The lowest BCUT2D eigenvalue weighted by Crippen LogP contribution is -2.24. The molecule has 126 valence electrons. The summed E-state index contributed by atoms with van der Waals surface area (Å²) in [6.45, 7) is 1.48. The Hall–Kier alpha value is -2.21. The van der Waals surface area contributed by atoms with Crippen molar-refractivity contribution >= 4 is 34.0 Å². The van der Waals surface area contributed by atoms with Crippen LogP contribution in [-0.4, -0.2) is 16.8 Å². The second kappa shape index (κ2) is 7.57. The first kappa shape index (κ1) is 16.6. The van der Waals surface area contributed by atoms with Crippen LogP contribution >= 0.6 is 11.3 Å². The van der Waals surface area contributed by atoms with Gasteiger partial charge in [0.15, 0.2) is 5.13 Å². The van der Waals surface area contributed by atoms with Gasteiger partial charge in [-0.1, -0.05) is 31.4 Å². The van der Waals surface area contributed by atoms with Gasteiger partial charge in [0.1, 0.15) is 0 Å². The topological polar surface area (TPSA) is 71.1 Å². The second-order valence-corrected chi connectivity index (χ2v) is 6.98. The summed E-state index contributed by atoms with van der Waals surface area (Å²) in [5.41, 5.74) is 2.54. The van der Waals surface area contributed by atoms with E-state index in [9.17, 15) is 9.59 Å². The Morgan fingerprint density at radius 1 is 1.08 bits per heavy atom. The molecule has 1 aromatic carbocycles. The van der Waals surface area contributed by atoms with Crippen LogP contribution in [0.25, 0.3) is 11.3 Å². The van der Waals surface area contributed by atoms with Gasteiger partial charge in [-0.3, -0.25) is 9.59 Å². The summed E-state index contributed by atoms with van der Waals surface area (Å²) in [5.74, 6) is 0.128. The van der Waals surface area contributed by atoms with Crippen LogP contribution in [0.2, 0.25) is 0 Å². The van der Waals surface area contributed by atoms with E-state index >= 15 is 0 Å². The fourth-order valence-corrected chi connectivity index (χ4v) is 3.69. The predicted octanol–water partition coefficient (Wildman–Crippen LogP) is 4.29. The van der Waals surface area contributed by atoms with Crippen molar-refractivity contribution in [2.24, 2.45) is 5.92 Å². The molecule has 0 bridgehead atoms. The Kier molecular flexibility index (Phi) is 5.25. The standard InChI is InChI=1S/C18H21N3O2S/c1-12(22)19-15-9-7-13(8-10-15)16-11-24-18(20-16)21-17(23)14-5-3-2-4-6-14/h7-11,14H,2-6H2,1H3,(H,19,22)(H,20,21,23). The van der Waals surface area contributed by atoms with Gasteiger partial charge < -0.3 is 10.6 Å². The van der Waals surface area contributed by atoms with Crippen molar-refractivity contribution in [2.75, 3.05) is 10.6 Å². The third-order valence-electron chi connectivity index (χ3n) is 4.21. The molecule has 1 fully saturated rings. The van der Waals surface area contributed by atoms with Crippen LogP contribution in [-0.2, 0) is 9.59 Å². The average molecular weight is 343 g/mol. The number of rotatable bonds is 4. The summed E-state index contributed by atoms with van der Waals surface area (Å²) in [4.78, 5) is 27.8. The Balaban J connectivity index is 1.64. The molecule has 0 spiro atoms. The zero-order valence-corrected chi connectivity index (χ0v) is 14.5. The number of carbonyl (C=O) groups is 2. The maximum Gasteiger partial charge on any atom is 0.229 e. The summed E-state index contributed by atoms with van der Waals surface area (Å²) in [7, 11) is 0. The molecule has 24 heavy (non-hydrogen) atoms. The minimum Gasteiger partial charge on any atom is -0.326 e. The number of nitrogens with zero attached hydrogens (tertiary/aromatic N) is 1. The Labute approximate surface area is 145 Å². The van der Waals surface area contributed by atoms with E-state index in [1.807, 2.05) is 29.6 Å². The summed E-state index contributed by atoms with van der Waals surface area (Å²) in [5, 5.41) is 8.27. The third kappa shape index (κ3) is 4.20. The molecule has 0 aliphatic heterocycles. The van der Waals surface area contributed by atoms with E-state index in [0.717, 1.165) is 42.6 Å². The number of hydrogen-bond acceptors (Lipinski definition) is 4. The quantitative estimate of drug-likeness (QED) is 0.870. The molecular weight excluding hydrogens is 322 g/mol. The molecule has 1 aliphatic rings. The van der Waals surface area contributed by atoms with Crippen molar-refractivity contribution in [3.8, 4) is 11.3 Å². The highest BCUT2D eigenvalue weighted by Crippen LogP contribution is 2.28. The molecule has 1 heterocycles. The summed E-state index contributed by atoms with van der Waals surface area (Å²) >= 11 is 1.44. The van der Waals surface area contributed by atoms with Crippen LogP contribution in [0.5, 0.6) is 0 Å². The number of thiazole rings is 1. The SMILES string of the molecule is CC(=O)Nc1ccc(-c2csc(NC(=O)C3CCCCC3)n2)cc1. The molecule has 0 atom stereocenters. The van der Waals surface area contributed by atoms with Crippen molar-refractivity contribution in [1.29, 1.82) is 0 Å². The highest BCUT2D eigenvalue weighted by molar-refractivity contribution is 7.14. The number of anilines is 2. The van der Waals surface area contributed by atoms with Gasteiger partial charge in [0.25, 0.3) is 0 Å². The maximum absolute atomic E-state index is 12.3. The molecule has 2 amide bonds. The molecule has 5 nitrogen and oxygen atoms in total. The monoisotopic (exact) mass is 343 g/mol. The number of nitrogens with one attached hydrogen (secondary N) is 2. The van der Waals surface area contributed by atoms with Crippen LogP contribution in [0.3, 0.4) is 0 Å². The van der Waals surface area contributed by atoms with Gasteiger partial charge in [0, 0.05) is 29.5 Å². The second-order valence-electron chi connectivity index (χ2n) is 6.12.